The predicted molar refractivity (Wildman–Crippen MR) is 98.4 cm³/mol. The number of piperidine rings is 1. The first kappa shape index (κ1) is 18.0. The highest BCUT2D eigenvalue weighted by Gasteiger charge is 2.56. The molecule has 2 heterocycles. The van der Waals surface area contributed by atoms with E-state index in [0.717, 1.165) is 76.6 Å². The topological polar surface area (TPSA) is 71.2 Å². The lowest BCUT2D eigenvalue weighted by Crippen LogP contribution is -2.40. The molecule has 0 spiro atoms. The molecule has 1 aliphatic heterocycles. The van der Waals surface area contributed by atoms with E-state index in [0.29, 0.717) is 5.91 Å². The first-order valence-corrected chi connectivity index (χ1v) is 10.4. The molecule has 1 atom stereocenters. The number of carbonyl (C=O) groups is 1. The summed E-state index contributed by atoms with van der Waals surface area (Å²) in [5.74, 6) is 0.621. The molecule has 4 rings (SSSR count). The van der Waals surface area contributed by atoms with Crippen LogP contribution in [0.2, 0.25) is 0 Å². The first-order valence-electron chi connectivity index (χ1n) is 10.4. The summed E-state index contributed by atoms with van der Waals surface area (Å²) in [7, 11) is 0. The number of aliphatic hydroxyl groups is 1. The summed E-state index contributed by atoms with van der Waals surface area (Å²) in [6, 6.07) is 0.284. The second-order valence-electron chi connectivity index (χ2n) is 8.71. The standard InChI is InChI=1S/C20H32N4O2/c1-3-19(4-2)13-16(19)18(25)23-11-7-15(8-12-23)24-14-17(21-22-24)20(26)9-5-6-10-20/h14-16,26H,3-13H2,1-2H3. The Bertz CT molecular complexity index is 653. The van der Waals surface area contributed by atoms with Crippen molar-refractivity contribution < 1.29 is 9.90 Å². The molecule has 144 valence electrons. The molecular formula is C20H32N4O2. The van der Waals surface area contributed by atoms with Crippen molar-refractivity contribution in [1.29, 1.82) is 0 Å². The third-order valence-corrected chi connectivity index (χ3v) is 7.46. The zero-order valence-corrected chi connectivity index (χ0v) is 16.2. The van der Waals surface area contributed by atoms with Gasteiger partial charge in [-0.1, -0.05) is 31.9 Å². The zero-order valence-electron chi connectivity index (χ0n) is 16.2. The van der Waals surface area contributed by atoms with Crippen molar-refractivity contribution in [3.63, 3.8) is 0 Å². The fraction of sp³-hybridized carbons (Fsp3) is 0.850. The Labute approximate surface area is 155 Å². The monoisotopic (exact) mass is 360 g/mol. The van der Waals surface area contributed by atoms with E-state index >= 15 is 0 Å². The predicted octanol–water partition coefficient (Wildman–Crippen LogP) is 3.03. The van der Waals surface area contributed by atoms with Gasteiger partial charge < -0.3 is 10.0 Å². The van der Waals surface area contributed by atoms with Crippen LogP contribution in [-0.2, 0) is 10.4 Å². The van der Waals surface area contributed by atoms with E-state index < -0.39 is 5.60 Å². The molecule has 3 aliphatic rings. The number of hydrogen-bond acceptors (Lipinski definition) is 4. The molecule has 1 N–H and O–H groups in total. The number of nitrogens with zero attached hydrogens (tertiary/aromatic N) is 4. The van der Waals surface area contributed by atoms with Gasteiger partial charge in [0.05, 0.1) is 12.2 Å². The third kappa shape index (κ3) is 2.96. The molecule has 0 radical (unpaired) electrons. The van der Waals surface area contributed by atoms with E-state index in [4.69, 9.17) is 0 Å². The van der Waals surface area contributed by atoms with Gasteiger partial charge in [0.2, 0.25) is 5.91 Å². The molecule has 2 aliphatic carbocycles. The van der Waals surface area contributed by atoms with Crippen LogP contribution >= 0.6 is 0 Å². The van der Waals surface area contributed by atoms with Crippen molar-refractivity contribution in [2.24, 2.45) is 11.3 Å². The van der Waals surface area contributed by atoms with E-state index in [1.54, 1.807) is 0 Å². The highest BCUT2D eigenvalue weighted by Crippen LogP contribution is 2.58. The maximum Gasteiger partial charge on any atom is 0.226 e. The molecule has 3 fully saturated rings. The van der Waals surface area contributed by atoms with Crippen molar-refractivity contribution in [2.75, 3.05) is 13.1 Å². The second-order valence-corrected chi connectivity index (χ2v) is 8.71. The van der Waals surface area contributed by atoms with Gasteiger partial charge in [-0.15, -0.1) is 5.10 Å². The number of carbonyl (C=O) groups excluding carboxylic acids is 1. The molecule has 0 bridgehead atoms. The maximum absolute atomic E-state index is 12.8. The normalized spacial score (nSPS) is 27.7. The maximum atomic E-state index is 12.8. The van der Waals surface area contributed by atoms with E-state index in [-0.39, 0.29) is 17.4 Å². The average Bonchev–Trinajstić information content (AvgIpc) is 2.99. The van der Waals surface area contributed by atoms with Crippen molar-refractivity contribution in [3.05, 3.63) is 11.9 Å². The highest BCUT2D eigenvalue weighted by atomic mass is 16.3. The number of aromatic nitrogens is 3. The summed E-state index contributed by atoms with van der Waals surface area (Å²) in [5.41, 5.74) is 0.234. The Balaban J connectivity index is 1.34. The van der Waals surface area contributed by atoms with Crippen molar-refractivity contribution >= 4 is 5.91 Å². The van der Waals surface area contributed by atoms with E-state index in [1.807, 2.05) is 10.9 Å². The van der Waals surface area contributed by atoms with Crippen LogP contribution < -0.4 is 0 Å². The lowest BCUT2D eigenvalue weighted by atomic mass is 9.96. The Morgan fingerprint density at radius 3 is 2.46 bits per heavy atom. The number of amides is 1. The van der Waals surface area contributed by atoms with E-state index in [9.17, 15) is 9.90 Å². The lowest BCUT2D eigenvalue weighted by Gasteiger charge is -2.32. The zero-order chi connectivity index (χ0) is 18.4. The Hall–Kier alpha value is -1.43. The van der Waals surface area contributed by atoms with Crippen LogP contribution in [0.1, 0.15) is 83.4 Å². The second kappa shape index (κ2) is 6.63. The van der Waals surface area contributed by atoms with Crippen LogP contribution in [0.25, 0.3) is 0 Å². The number of hydrogen-bond donors (Lipinski definition) is 1. The van der Waals surface area contributed by atoms with Crippen molar-refractivity contribution in [3.8, 4) is 0 Å². The quantitative estimate of drug-likeness (QED) is 0.876. The van der Waals surface area contributed by atoms with E-state index in [2.05, 4.69) is 29.1 Å². The summed E-state index contributed by atoms with van der Waals surface area (Å²) >= 11 is 0. The van der Waals surface area contributed by atoms with Gasteiger partial charge in [-0.05, 0) is 50.4 Å². The van der Waals surface area contributed by atoms with Crippen molar-refractivity contribution in [1.82, 2.24) is 19.9 Å². The number of likely N-dealkylation sites (tertiary alicyclic amines) is 1. The van der Waals surface area contributed by atoms with Gasteiger partial charge in [-0.3, -0.25) is 4.79 Å². The minimum Gasteiger partial charge on any atom is -0.383 e. The fourth-order valence-corrected chi connectivity index (χ4v) is 5.18. The van der Waals surface area contributed by atoms with Crippen LogP contribution in [-0.4, -0.2) is 44.0 Å². The minimum atomic E-state index is -0.773. The molecule has 0 aromatic carbocycles. The van der Waals surface area contributed by atoms with Gasteiger partial charge in [0.25, 0.3) is 0 Å². The molecule has 1 aromatic heterocycles. The third-order valence-electron chi connectivity index (χ3n) is 7.46. The van der Waals surface area contributed by atoms with Crippen LogP contribution in [0.3, 0.4) is 0 Å². The fourth-order valence-electron chi connectivity index (χ4n) is 5.18. The van der Waals surface area contributed by atoms with E-state index in [1.165, 1.54) is 0 Å². The van der Waals surface area contributed by atoms with Gasteiger partial charge in [-0.2, -0.15) is 0 Å². The molecule has 1 saturated heterocycles. The van der Waals surface area contributed by atoms with Crippen molar-refractivity contribution in [2.45, 2.75) is 83.3 Å². The summed E-state index contributed by atoms with van der Waals surface area (Å²) in [4.78, 5) is 14.9. The summed E-state index contributed by atoms with van der Waals surface area (Å²) < 4.78 is 1.92. The molecule has 1 unspecified atom stereocenters. The average molecular weight is 361 g/mol. The number of rotatable bonds is 5. The molecule has 1 amide bonds. The Kier molecular flexibility index (Phi) is 4.58. The molecule has 1 aromatic rings. The van der Waals surface area contributed by atoms with Crippen LogP contribution in [0.4, 0.5) is 0 Å². The SMILES string of the molecule is CCC1(CC)CC1C(=O)N1CCC(n2cc(C3(O)CCCC3)nn2)CC1. The smallest absolute Gasteiger partial charge is 0.226 e. The molecule has 26 heavy (non-hydrogen) atoms. The minimum absolute atomic E-state index is 0.253. The van der Waals surface area contributed by atoms with Crippen LogP contribution in [0, 0.1) is 11.3 Å². The van der Waals surface area contributed by atoms with Gasteiger partial charge in [0, 0.05) is 19.0 Å². The molecule has 6 heteroatoms. The largest absolute Gasteiger partial charge is 0.383 e. The summed E-state index contributed by atoms with van der Waals surface area (Å²) in [6.07, 6.45) is 10.8. The van der Waals surface area contributed by atoms with Gasteiger partial charge >= 0.3 is 0 Å². The summed E-state index contributed by atoms with van der Waals surface area (Å²) in [6.45, 7) is 6.04. The Morgan fingerprint density at radius 1 is 1.23 bits per heavy atom. The summed E-state index contributed by atoms with van der Waals surface area (Å²) in [5, 5.41) is 19.2. The van der Waals surface area contributed by atoms with Gasteiger partial charge in [0.1, 0.15) is 11.3 Å². The highest BCUT2D eigenvalue weighted by molar-refractivity contribution is 5.82. The molecular weight excluding hydrogens is 328 g/mol. The molecule has 6 nitrogen and oxygen atoms in total. The van der Waals surface area contributed by atoms with Gasteiger partial charge in [0.15, 0.2) is 0 Å². The van der Waals surface area contributed by atoms with Crippen LogP contribution in [0.5, 0.6) is 0 Å². The lowest BCUT2D eigenvalue weighted by molar-refractivity contribution is -0.134. The molecule has 2 saturated carbocycles. The van der Waals surface area contributed by atoms with Crippen LogP contribution in [0.15, 0.2) is 6.20 Å². The Morgan fingerprint density at radius 2 is 1.88 bits per heavy atom. The first-order chi connectivity index (χ1) is 12.5. The van der Waals surface area contributed by atoms with Gasteiger partial charge in [-0.25, -0.2) is 4.68 Å².